The van der Waals surface area contributed by atoms with Crippen molar-refractivity contribution in [2.45, 2.75) is 126 Å². The number of hydrogen-bond acceptors (Lipinski definition) is 10. The van der Waals surface area contributed by atoms with E-state index in [1.165, 1.54) is 24.3 Å². The zero-order valence-electron chi connectivity index (χ0n) is 40.8. The molecule has 382 valence electrons. The number of carbonyl (C=O) groups excluding carboxylic acids is 1. The van der Waals surface area contributed by atoms with Crippen LogP contribution in [0.1, 0.15) is 121 Å². The van der Waals surface area contributed by atoms with Gasteiger partial charge < -0.3 is 4.90 Å². The van der Waals surface area contributed by atoms with Crippen LogP contribution in [0.3, 0.4) is 0 Å². The molecule has 0 spiro atoms. The Kier molecular flexibility index (Phi) is 18.7. The van der Waals surface area contributed by atoms with Crippen molar-refractivity contribution < 1.29 is 61.3 Å². The molecule has 1 heterocycles. The van der Waals surface area contributed by atoms with Crippen LogP contribution in [0.5, 0.6) is 0 Å². The van der Waals surface area contributed by atoms with Crippen molar-refractivity contribution in [3.8, 4) is 0 Å². The highest BCUT2D eigenvalue weighted by Crippen LogP contribution is 2.45. The van der Waals surface area contributed by atoms with E-state index < -0.39 is 57.4 Å². The van der Waals surface area contributed by atoms with Gasteiger partial charge in [0.15, 0.2) is 5.71 Å². The highest BCUT2D eigenvalue weighted by molar-refractivity contribution is 7.86. The monoisotopic (exact) mass is 1040 g/mol. The predicted molar refractivity (Wildman–Crippen MR) is 274 cm³/mol. The third kappa shape index (κ3) is 15.0. The van der Waals surface area contributed by atoms with Crippen LogP contribution in [0.4, 0.5) is 11.4 Å². The number of carbonyl (C=O) groups is 1. The second-order valence-corrected chi connectivity index (χ2v) is 24.7. The Labute approximate surface area is 414 Å². The molecule has 4 N–H and O–H groups in total. The molecule has 1 aliphatic heterocycles. The Morgan fingerprint density at radius 1 is 0.771 bits per heavy atom. The van der Waals surface area contributed by atoms with E-state index in [2.05, 4.69) is 30.3 Å². The molecule has 70 heavy (non-hydrogen) atoms. The molecule has 0 saturated carbocycles. The van der Waals surface area contributed by atoms with Crippen LogP contribution in [0.25, 0.3) is 5.57 Å². The molecule has 1 unspecified atom stereocenters. The first-order chi connectivity index (χ1) is 32.6. The van der Waals surface area contributed by atoms with E-state index in [0.717, 1.165) is 71.4 Å². The van der Waals surface area contributed by atoms with Crippen LogP contribution in [0.2, 0.25) is 0 Å². The number of allylic oxidation sites excluding steroid dienone is 8. The van der Waals surface area contributed by atoms with Crippen molar-refractivity contribution in [3.63, 3.8) is 0 Å². The molecular formula is C51H67N2O13S4+. The van der Waals surface area contributed by atoms with Gasteiger partial charge in [-0.2, -0.15) is 38.2 Å². The lowest BCUT2D eigenvalue weighted by Gasteiger charge is -2.26. The highest BCUT2D eigenvalue weighted by atomic mass is 32.2. The van der Waals surface area contributed by atoms with Crippen molar-refractivity contribution in [1.29, 1.82) is 0 Å². The summed E-state index contributed by atoms with van der Waals surface area (Å²) in [5, 5.41) is 0. The molecule has 0 fully saturated rings. The topological polar surface area (TPSA) is 241 Å². The highest BCUT2D eigenvalue weighted by Gasteiger charge is 2.47. The van der Waals surface area contributed by atoms with Crippen LogP contribution >= 0.6 is 0 Å². The number of anilines is 1. The van der Waals surface area contributed by atoms with E-state index in [-0.39, 0.29) is 47.2 Å². The molecule has 0 bridgehead atoms. The van der Waals surface area contributed by atoms with Gasteiger partial charge in [0.2, 0.25) is 5.69 Å². The van der Waals surface area contributed by atoms with Crippen LogP contribution in [-0.4, -0.2) is 93.6 Å². The second-order valence-electron chi connectivity index (χ2n) is 18.7. The fraction of sp³-hybridized carbons (Fsp3) is 0.451. The summed E-state index contributed by atoms with van der Waals surface area (Å²) >= 11 is 0. The van der Waals surface area contributed by atoms with Gasteiger partial charge in [-0.3, -0.25) is 23.0 Å². The fourth-order valence-electron chi connectivity index (χ4n) is 9.45. The molecule has 19 heteroatoms. The summed E-state index contributed by atoms with van der Waals surface area (Å²) in [7, 11) is -13.9. The summed E-state index contributed by atoms with van der Waals surface area (Å²) in [4.78, 5) is 13.6. The molecule has 1 aliphatic carbocycles. The molecule has 0 amide bonds. The Bertz CT molecular complexity index is 3060. The van der Waals surface area contributed by atoms with Gasteiger partial charge in [-0.25, -0.2) is 0 Å². The van der Waals surface area contributed by atoms with Gasteiger partial charge in [0.05, 0.1) is 26.7 Å². The van der Waals surface area contributed by atoms with E-state index in [1.807, 2.05) is 69.5 Å². The summed E-state index contributed by atoms with van der Waals surface area (Å²) in [6.45, 7) is 7.70. The normalized spacial score (nSPS) is 17.9. The van der Waals surface area contributed by atoms with Crippen LogP contribution in [-0.2, 0) is 63.5 Å². The molecule has 5 rings (SSSR count). The standard InChI is InChI=1S/C51H66N2O13S4/c1-7-42(52(5)46-28-26-43(69(61,62)63)34-41(46)15-10-11-32-67(55,56)57)25-23-38-16-12-17-39(50(38)40-21-19-37(20-22-40)14-8-9-18-48(54)36(2)3)24-30-49-51(4,31-13-33-68(58,59)60)45-35-44(70(64,65)66)27-29-47(45)53(49)6/h19-30,34-36H,7-18,31-33H2,1-6H3,(H3-,55,56,57,58,59,60,61,62,63,64,65,66)/p+1. The SMILES string of the molecule is CC/C(=C\C=C1/CCCC(/C=C/C2=[N+](C)c3ccc(S(=O)(=O)O)cc3C2(C)CCCS(=O)(=O)O)=C1c1ccc(CCCCC(=O)C(C)C)cc1)N(C)c1ccc(S(=O)(=O)O)cc1CCCCS(=O)(=O)O. The van der Waals surface area contributed by atoms with Gasteiger partial charge in [0.25, 0.3) is 40.5 Å². The molecule has 15 nitrogen and oxygen atoms in total. The van der Waals surface area contributed by atoms with Gasteiger partial charge >= 0.3 is 0 Å². The summed E-state index contributed by atoms with van der Waals surface area (Å²) in [6.07, 6.45) is 15.0. The van der Waals surface area contributed by atoms with Gasteiger partial charge in [0, 0.05) is 48.5 Å². The molecule has 1 atom stereocenters. The third-order valence-corrected chi connectivity index (χ3v) is 16.6. The lowest BCUT2D eigenvalue weighted by molar-refractivity contribution is -0.401. The smallest absolute Gasteiger partial charge is 0.294 e. The molecule has 3 aromatic rings. The van der Waals surface area contributed by atoms with Crippen LogP contribution in [0, 0.1) is 5.92 Å². The van der Waals surface area contributed by atoms with Crippen LogP contribution in [0.15, 0.2) is 112 Å². The minimum absolute atomic E-state index is 0.00606. The first kappa shape index (κ1) is 56.3. The van der Waals surface area contributed by atoms with Crippen molar-refractivity contribution in [2.75, 3.05) is 30.5 Å². The van der Waals surface area contributed by atoms with Crippen LogP contribution < -0.4 is 4.90 Å². The maximum atomic E-state index is 12.3. The van der Waals surface area contributed by atoms with Crippen molar-refractivity contribution in [1.82, 2.24) is 0 Å². The predicted octanol–water partition coefficient (Wildman–Crippen LogP) is 9.53. The summed E-state index contributed by atoms with van der Waals surface area (Å²) in [5.74, 6) is -0.685. The van der Waals surface area contributed by atoms with Crippen molar-refractivity contribution in [3.05, 3.63) is 124 Å². The number of ketones is 1. The number of Topliss-reactive ketones (excluding diaryl/α,β-unsaturated/α-hetero) is 1. The van der Waals surface area contributed by atoms with Gasteiger partial charge in [-0.1, -0.05) is 57.2 Å². The molecule has 0 saturated heterocycles. The molecular weight excluding hydrogens is 977 g/mol. The Balaban J connectivity index is 1.60. The average Bonchev–Trinajstić information content (AvgIpc) is 3.48. The van der Waals surface area contributed by atoms with Gasteiger partial charge in [-0.15, -0.1) is 0 Å². The van der Waals surface area contributed by atoms with E-state index in [9.17, 15) is 56.7 Å². The lowest BCUT2D eigenvalue weighted by Crippen LogP contribution is -2.31. The number of fused-ring (bicyclic) bond motifs is 1. The summed E-state index contributed by atoms with van der Waals surface area (Å²) in [5.41, 5.74) is 8.33. The minimum atomic E-state index is -4.57. The summed E-state index contributed by atoms with van der Waals surface area (Å²) in [6, 6.07) is 17.0. The maximum absolute atomic E-state index is 12.3. The van der Waals surface area contributed by atoms with Gasteiger partial charge in [-0.05, 0) is 154 Å². The van der Waals surface area contributed by atoms with Crippen molar-refractivity contribution in [2.24, 2.45) is 5.92 Å². The number of rotatable bonds is 24. The Hall–Kier alpha value is -4.60. The Morgan fingerprint density at radius 2 is 1.39 bits per heavy atom. The number of benzene rings is 3. The molecule has 0 radical (unpaired) electrons. The quantitative estimate of drug-likeness (QED) is 0.0371. The number of hydrogen-bond donors (Lipinski definition) is 4. The zero-order chi connectivity index (χ0) is 51.8. The average molecular weight is 1040 g/mol. The van der Waals surface area contributed by atoms with E-state index in [0.29, 0.717) is 48.2 Å². The maximum Gasteiger partial charge on any atom is 0.294 e. The van der Waals surface area contributed by atoms with E-state index in [1.54, 1.807) is 12.1 Å². The first-order valence-electron chi connectivity index (χ1n) is 23.5. The Morgan fingerprint density at radius 3 is 2.00 bits per heavy atom. The second kappa shape index (κ2) is 23.3. The largest absolute Gasteiger partial charge is 0.348 e. The number of aryl methyl sites for hydroxylation is 2. The fourth-order valence-corrected chi connectivity index (χ4v) is 11.6. The number of nitrogens with zero attached hydrogens (tertiary/aromatic N) is 2. The third-order valence-electron chi connectivity index (χ3n) is 13.3. The minimum Gasteiger partial charge on any atom is -0.348 e. The molecule has 0 aromatic heterocycles. The zero-order valence-corrected chi connectivity index (χ0v) is 44.0. The van der Waals surface area contributed by atoms with E-state index >= 15 is 0 Å². The molecule has 2 aliphatic rings. The lowest BCUT2D eigenvalue weighted by atomic mass is 9.75. The first-order valence-corrected chi connectivity index (χ1v) is 29.6. The molecule has 3 aromatic carbocycles. The van der Waals surface area contributed by atoms with Gasteiger partial charge in [0.1, 0.15) is 12.8 Å². The number of unbranched alkanes of at least 4 members (excludes halogenated alkanes) is 2. The van der Waals surface area contributed by atoms with E-state index in [4.69, 9.17) is 0 Å². The summed E-state index contributed by atoms with van der Waals surface area (Å²) < 4.78 is 136. The van der Waals surface area contributed by atoms with Crippen molar-refractivity contribution >= 4 is 68.9 Å².